The zero-order valence-electron chi connectivity index (χ0n) is 10.9. The minimum Gasteiger partial charge on any atom is -0.313 e. The van der Waals surface area contributed by atoms with Crippen LogP contribution in [0.25, 0.3) is 0 Å². The predicted molar refractivity (Wildman–Crippen MR) is 78.4 cm³/mol. The minimum atomic E-state index is 0.521. The highest BCUT2D eigenvalue weighted by molar-refractivity contribution is 6.33. The molecule has 100 valence electrons. The molecule has 0 spiro atoms. The highest BCUT2D eigenvalue weighted by atomic mass is 35.5. The first-order valence-electron chi connectivity index (χ1n) is 6.47. The third kappa shape index (κ3) is 3.61. The molecule has 0 saturated carbocycles. The van der Waals surface area contributed by atoms with Crippen LogP contribution in [0.4, 0.5) is 0 Å². The molecule has 1 saturated heterocycles. The fourth-order valence-electron chi connectivity index (χ4n) is 2.42. The van der Waals surface area contributed by atoms with E-state index in [1.165, 1.54) is 6.42 Å². The van der Waals surface area contributed by atoms with Crippen LogP contribution in [0, 0.1) is 0 Å². The Morgan fingerprint density at radius 2 is 2.11 bits per heavy atom. The van der Waals surface area contributed by atoms with Gasteiger partial charge in [0.1, 0.15) is 0 Å². The second-order valence-electron chi connectivity index (χ2n) is 5.16. The molecule has 0 amide bonds. The maximum Gasteiger partial charge on any atom is 0.0452 e. The smallest absolute Gasteiger partial charge is 0.0452 e. The average Bonchev–Trinajstić information content (AvgIpc) is 2.47. The van der Waals surface area contributed by atoms with Gasteiger partial charge in [-0.25, -0.2) is 0 Å². The van der Waals surface area contributed by atoms with E-state index in [2.05, 4.69) is 24.1 Å². The largest absolute Gasteiger partial charge is 0.313 e. The van der Waals surface area contributed by atoms with Crippen LogP contribution in [0.1, 0.15) is 25.8 Å². The number of rotatable bonds is 2. The topological polar surface area (TPSA) is 15.3 Å². The highest BCUT2D eigenvalue weighted by Gasteiger charge is 2.21. The van der Waals surface area contributed by atoms with E-state index in [0.717, 1.165) is 35.2 Å². The van der Waals surface area contributed by atoms with Crippen LogP contribution in [0.2, 0.25) is 10.0 Å². The van der Waals surface area contributed by atoms with Gasteiger partial charge in [0.2, 0.25) is 0 Å². The lowest BCUT2D eigenvalue weighted by molar-refractivity contribution is 0.199. The van der Waals surface area contributed by atoms with Crippen molar-refractivity contribution in [2.24, 2.45) is 0 Å². The number of nitrogens with zero attached hydrogens (tertiary/aromatic N) is 1. The standard InChI is InChI=1S/C14H20Cl2N2/c1-10-8-18(11(2)5-6-17-10)9-12-7-13(15)3-4-14(12)16/h3-4,7,10-11,17H,5-6,8-9H2,1-2H3. The van der Waals surface area contributed by atoms with Crippen LogP contribution in [0.5, 0.6) is 0 Å². The van der Waals surface area contributed by atoms with E-state index in [-0.39, 0.29) is 0 Å². The second kappa shape index (κ2) is 6.25. The van der Waals surface area contributed by atoms with Gasteiger partial charge in [-0.1, -0.05) is 23.2 Å². The van der Waals surface area contributed by atoms with Crippen molar-refractivity contribution in [1.82, 2.24) is 10.2 Å². The van der Waals surface area contributed by atoms with Crippen LogP contribution in [0.15, 0.2) is 18.2 Å². The molecule has 2 unspecified atom stereocenters. The summed E-state index contributed by atoms with van der Waals surface area (Å²) in [7, 11) is 0. The van der Waals surface area contributed by atoms with Crippen molar-refractivity contribution in [2.45, 2.75) is 38.9 Å². The van der Waals surface area contributed by atoms with Crippen molar-refractivity contribution in [2.75, 3.05) is 13.1 Å². The lowest BCUT2D eigenvalue weighted by Gasteiger charge is -2.28. The fraction of sp³-hybridized carbons (Fsp3) is 0.571. The summed E-state index contributed by atoms with van der Waals surface area (Å²) in [4.78, 5) is 2.47. The molecule has 2 nitrogen and oxygen atoms in total. The molecular formula is C14H20Cl2N2. The number of halogens is 2. The van der Waals surface area contributed by atoms with E-state index >= 15 is 0 Å². The van der Waals surface area contributed by atoms with Gasteiger partial charge in [0.25, 0.3) is 0 Å². The van der Waals surface area contributed by atoms with Crippen molar-refractivity contribution in [3.63, 3.8) is 0 Å². The maximum atomic E-state index is 6.24. The fourth-order valence-corrected chi connectivity index (χ4v) is 2.79. The molecule has 1 aromatic carbocycles. The summed E-state index contributed by atoms with van der Waals surface area (Å²) in [6.07, 6.45) is 1.17. The molecule has 0 bridgehead atoms. The Hall–Kier alpha value is -0.280. The Bertz CT molecular complexity index is 409. The van der Waals surface area contributed by atoms with Crippen molar-refractivity contribution in [1.29, 1.82) is 0 Å². The lowest BCUT2D eigenvalue weighted by Crippen LogP contribution is -2.38. The molecule has 1 aliphatic heterocycles. The van der Waals surface area contributed by atoms with E-state index in [1.807, 2.05) is 18.2 Å². The lowest BCUT2D eigenvalue weighted by atomic mass is 10.1. The van der Waals surface area contributed by atoms with Crippen LogP contribution < -0.4 is 5.32 Å². The first-order chi connectivity index (χ1) is 8.56. The van der Waals surface area contributed by atoms with E-state index in [1.54, 1.807) is 0 Å². The third-order valence-electron chi connectivity index (χ3n) is 3.57. The zero-order chi connectivity index (χ0) is 13.1. The van der Waals surface area contributed by atoms with Gasteiger partial charge in [0, 0.05) is 35.2 Å². The summed E-state index contributed by atoms with van der Waals surface area (Å²) in [6.45, 7) is 7.50. The van der Waals surface area contributed by atoms with Gasteiger partial charge in [-0.15, -0.1) is 0 Å². The molecule has 2 rings (SSSR count). The predicted octanol–water partition coefficient (Wildman–Crippen LogP) is 3.57. The van der Waals surface area contributed by atoms with Gasteiger partial charge in [0.05, 0.1) is 0 Å². The van der Waals surface area contributed by atoms with Gasteiger partial charge >= 0.3 is 0 Å². The molecule has 2 atom stereocenters. The molecule has 1 fully saturated rings. The summed E-state index contributed by atoms with van der Waals surface area (Å²) in [6, 6.07) is 6.78. The molecule has 18 heavy (non-hydrogen) atoms. The molecule has 0 radical (unpaired) electrons. The first kappa shape index (κ1) is 14.1. The van der Waals surface area contributed by atoms with Gasteiger partial charge in [0.15, 0.2) is 0 Å². The monoisotopic (exact) mass is 286 g/mol. The van der Waals surface area contributed by atoms with Gasteiger partial charge < -0.3 is 5.32 Å². The molecule has 1 heterocycles. The van der Waals surface area contributed by atoms with E-state index in [0.29, 0.717) is 12.1 Å². The Kier molecular flexibility index (Phi) is 4.91. The summed E-state index contributed by atoms with van der Waals surface area (Å²) < 4.78 is 0. The Morgan fingerprint density at radius 1 is 1.33 bits per heavy atom. The maximum absolute atomic E-state index is 6.24. The average molecular weight is 287 g/mol. The van der Waals surface area contributed by atoms with Crippen molar-refractivity contribution < 1.29 is 0 Å². The second-order valence-corrected chi connectivity index (χ2v) is 6.00. The summed E-state index contributed by atoms with van der Waals surface area (Å²) in [5.41, 5.74) is 1.12. The Morgan fingerprint density at radius 3 is 2.89 bits per heavy atom. The van der Waals surface area contributed by atoms with Crippen molar-refractivity contribution >= 4 is 23.2 Å². The van der Waals surface area contributed by atoms with Crippen LogP contribution in [0.3, 0.4) is 0 Å². The Labute approximate surface area is 119 Å². The molecule has 0 aromatic heterocycles. The quantitative estimate of drug-likeness (QED) is 0.894. The molecule has 4 heteroatoms. The third-order valence-corrected chi connectivity index (χ3v) is 4.17. The van der Waals surface area contributed by atoms with Crippen LogP contribution in [-0.2, 0) is 6.54 Å². The number of nitrogens with one attached hydrogen (secondary N) is 1. The van der Waals surface area contributed by atoms with Gasteiger partial charge in [-0.2, -0.15) is 0 Å². The zero-order valence-corrected chi connectivity index (χ0v) is 12.4. The van der Waals surface area contributed by atoms with E-state index in [4.69, 9.17) is 23.2 Å². The normalized spacial score (nSPS) is 26.0. The van der Waals surface area contributed by atoms with Crippen molar-refractivity contribution in [3.05, 3.63) is 33.8 Å². The van der Waals surface area contributed by atoms with E-state index in [9.17, 15) is 0 Å². The highest BCUT2D eigenvalue weighted by Crippen LogP contribution is 2.23. The van der Waals surface area contributed by atoms with Gasteiger partial charge in [-0.05, 0) is 50.6 Å². The number of hydrogen-bond donors (Lipinski definition) is 1. The molecule has 1 N–H and O–H groups in total. The van der Waals surface area contributed by atoms with Crippen LogP contribution >= 0.6 is 23.2 Å². The van der Waals surface area contributed by atoms with Crippen LogP contribution in [-0.4, -0.2) is 30.1 Å². The summed E-state index contributed by atoms with van der Waals surface area (Å²) >= 11 is 12.3. The summed E-state index contributed by atoms with van der Waals surface area (Å²) in [5.74, 6) is 0. The number of hydrogen-bond acceptors (Lipinski definition) is 2. The molecule has 0 aliphatic carbocycles. The number of benzene rings is 1. The summed E-state index contributed by atoms with van der Waals surface area (Å²) in [5, 5.41) is 5.07. The van der Waals surface area contributed by atoms with E-state index < -0.39 is 0 Å². The molecule has 1 aromatic rings. The first-order valence-corrected chi connectivity index (χ1v) is 7.23. The van der Waals surface area contributed by atoms with Crippen molar-refractivity contribution in [3.8, 4) is 0 Å². The SMILES string of the molecule is CC1CN(Cc2cc(Cl)ccc2Cl)C(C)CCN1. The molecule has 1 aliphatic rings. The molecular weight excluding hydrogens is 267 g/mol. The van der Waals surface area contributed by atoms with Gasteiger partial charge in [-0.3, -0.25) is 4.90 Å². The Balaban J connectivity index is 2.13. The minimum absolute atomic E-state index is 0.521.